The molecule has 1 aromatic carbocycles. The van der Waals surface area contributed by atoms with Gasteiger partial charge in [0.1, 0.15) is 12.4 Å². The van der Waals surface area contributed by atoms with Gasteiger partial charge < -0.3 is 9.57 Å². The van der Waals surface area contributed by atoms with Gasteiger partial charge in [-0.2, -0.15) is 0 Å². The third-order valence-electron chi connectivity index (χ3n) is 4.32. The summed E-state index contributed by atoms with van der Waals surface area (Å²) >= 11 is 0. The number of carbonyl (C=O) groups excluding carboxylic acids is 1. The lowest BCUT2D eigenvalue weighted by Gasteiger charge is -2.30. The Labute approximate surface area is 148 Å². The van der Waals surface area contributed by atoms with Crippen LogP contribution in [0.2, 0.25) is 0 Å². The fraction of sp³-hybridized carbons (Fsp3) is 0.500. The first-order valence-electron chi connectivity index (χ1n) is 8.23. The molecule has 0 atom stereocenters. The molecule has 2 rings (SSSR count). The second-order valence-electron chi connectivity index (χ2n) is 6.28. The molecule has 25 heavy (non-hydrogen) atoms. The summed E-state index contributed by atoms with van der Waals surface area (Å²) in [6.45, 7) is 3.75. The number of rotatable bonds is 6. The highest BCUT2D eigenvalue weighted by Gasteiger charge is 2.37. The van der Waals surface area contributed by atoms with Crippen molar-refractivity contribution in [2.45, 2.75) is 50.8 Å². The predicted molar refractivity (Wildman–Crippen MR) is 93.0 cm³/mol. The van der Waals surface area contributed by atoms with Crippen LogP contribution in [0.25, 0.3) is 0 Å². The van der Waals surface area contributed by atoms with Crippen LogP contribution in [-0.4, -0.2) is 21.0 Å². The Balaban J connectivity index is 1.96. The molecule has 0 spiro atoms. The fourth-order valence-corrected chi connectivity index (χ4v) is 3.48. The number of carbonyl (C=O) groups is 1. The molecule has 0 saturated heterocycles. The highest BCUT2D eigenvalue weighted by Crippen LogP contribution is 2.36. The van der Waals surface area contributed by atoms with E-state index in [0.29, 0.717) is 18.6 Å². The number of ether oxygens (including phenoxy) is 1. The largest absolute Gasteiger partial charge is 0.481 e. The minimum atomic E-state index is -3.94. The van der Waals surface area contributed by atoms with Crippen molar-refractivity contribution in [1.82, 2.24) is 4.89 Å². The van der Waals surface area contributed by atoms with Gasteiger partial charge in [-0.1, -0.05) is 25.2 Å². The van der Waals surface area contributed by atoms with Crippen LogP contribution in [-0.2, 0) is 19.7 Å². The molecule has 1 aliphatic carbocycles. The van der Waals surface area contributed by atoms with E-state index in [-0.39, 0.29) is 11.5 Å². The molecule has 6 nitrogen and oxygen atoms in total. The van der Waals surface area contributed by atoms with Gasteiger partial charge in [-0.05, 0) is 55.8 Å². The molecule has 0 radical (unpaired) electrons. The number of hydrogen-bond acceptors (Lipinski definition) is 5. The fourth-order valence-electron chi connectivity index (χ4n) is 2.71. The standard InChI is InChI=1S/C18H23NO5S/c1-3-4-14-23-15-8-10-16(11-9-15)25(21,22)19-24-17(20)18(2)12-6-5-7-13-18/h8-11,19H,5-7,12-14H2,1-2H3. The average Bonchev–Trinajstić information content (AvgIpc) is 2.61. The van der Waals surface area contributed by atoms with Crippen molar-refractivity contribution in [2.24, 2.45) is 5.41 Å². The normalized spacial score (nSPS) is 16.4. The molecule has 1 fully saturated rings. The van der Waals surface area contributed by atoms with Gasteiger partial charge in [0.25, 0.3) is 10.0 Å². The molecule has 0 heterocycles. The van der Waals surface area contributed by atoms with Crippen LogP contribution in [0.3, 0.4) is 0 Å². The van der Waals surface area contributed by atoms with Crippen LogP contribution in [0.1, 0.15) is 46.0 Å². The zero-order valence-electron chi connectivity index (χ0n) is 14.5. The van der Waals surface area contributed by atoms with E-state index in [1.807, 2.05) is 11.8 Å². The highest BCUT2D eigenvalue weighted by atomic mass is 32.2. The van der Waals surface area contributed by atoms with Crippen molar-refractivity contribution in [3.05, 3.63) is 24.3 Å². The molecule has 0 amide bonds. The Bertz CT molecular complexity index is 753. The molecule has 1 saturated carbocycles. The quantitative estimate of drug-likeness (QED) is 0.619. The maximum atomic E-state index is 12.2. The summed E-state index contributed by atoms with van der Waals surface area (Å²) in [4.78, 5) is 19.0. The van der Waals surface area contributed by atoms with E-state index in [1.165, 1.54) is 24.3 Å². The summed E-state index contributed by atoms with van der Waals surface area (Å²) in [5.74, 6) is 5.42. The van der Waals surface area contributed by atoms with Crippen LogP contribution in [0.5, 0.6) is 5.75 Å². The van der Waals surface area contributed by atoms with Crippen molar-refractivity contribution in [3.63, 3.8) is 0 Å². The monoisotopic (exact) mass is 365 g/mol. The number of nitrogens with one attached hydrogen (secondary N) is 1. The summed E-state index contributed by atoms with van der Waals surface area (Å²) in [7, 11) is -3.94. The maximum absolute atomic E-state index is 12.2. The van der Waals surface area contributed by atoms with Gasteiger partial charge in [0.05, 0.1) is 10.3 Å². The van der Waals surface area contributed by atoms with Gasteiger partial charge in [-0.15, -0.1) is 5.92 Å². The van der Waals surface area contributed by atoms with E-state index < -0.39 is 21.4 Å². The van der Waals surface area contributed by atoms with Gasteiger partial charge in [-0.3, -0.25) is 0 Å². The molecule has 136 valence electrons. The van der Waals surface area contributed by atoms with E-state index in [1.54, 1.807) is 6.92 Å². The van der Waals surface area contributed by atoms with Gasteiger partial charge >= 0.3 is 5.97 Å². The third-order valence-corrected chi connectivity index (χ3v) is 5.51. The van der Waals surface area contributed by atoms with E-state index in [2.05, 4.69) is 11.8 Å². The Kier molecular flexibility index (Phi) is 6.45. The Hall–Kier alpha value is -2.04. The van der Waals surface area contributed by atoms with E-state index in [4.69, 9.17) is 9.57 Å². The summed E-state index contributed by atoms with van der Waals surface area (Å²) in [6, 6.07) is 5.81. The maximum Gasteiger partial charge on any atom is 0.331 e. The number of hydrogen-bond donors (Lipinski definition) is 1. The van der Waals surface area contributed by atoms with Crippen molar-refractivity contribution < 1.29 is 22.8 Å². The molecule has 1 aliphatic rings. The Morgan fingerprint density at radius 1 is 1.20 bits per heavy atom. The second kappa shape index (κ2) is 8.37. The number of benzene rings is 1. The molecule has 0 unspecified atom stereocenters. The van der Waals surface area contributed by atoms with Crippen LogP contribution in [0.4, 0.5) is 0 Å². The summed E-state index contributed by atoms with van der Waals surface area (Å²) < 4.78 is 29.8. The SMILES string of the molecule is CC#CCOc1ccc(S(=O)(=O)NOC(=O)C2(C)CCCCC2)cc1. The van der Waals surface area contributed by atoms with Gasteiger partial charge in [0.15, 0.2) is 0 Å². The lowest BCUT2D eigenvalue weighted by molar-refractivity contribution is -0.160. The van der Waals surface area contributed by atoms with Crippen LogP contribution < -0.4 is 9.62 Å². The molecular weight excluding hydrogens is 342 g/mol. The summed E-state index contributed by atoms with van der Waals surface area (Å²) in [5.41, 5.74) is -0.626. The minimum absolute atomic E-state index is 0.0111. The van der Waals surface area contributed by atoms with Crippen molar-refractivity contribution in [2.75, 3.05) is 6.61 Å². The highest BCUT2D eigenvalue weighted by molar-refractivity contribution is 7.89. The predicted octanol–water partition coefficient (Wildman–Crippen LogP) is 2.80. The Morgan fingerprint density at radius 3 is 2.44 bits per heavy atom. The minimum Gasteiger partial charge on any atom is -0.481 e. The first kappa shape index (κ1) is 19.3. The van der Waals surface area contributed by atoms with Crippen LogP contribution >= 0.6 is 0 Å². The topological polar surface area (TPSA) is 81.7 Å². The molecule has 1 N–H and O–H groups in total. The lowest BCUT2D eigenvalue weighted by Crippen LogP contribution is -2.37. The van der Waals surface area contributed by atoms with Gasteiger partial charge in [0, 0.05) is 0 Å². The van der Waals surface area contributed by atoms with E-state index >= 15 is 0 Å². The molecule has 0 aromatic heterocycles. The molecule has 7 heteroatoms. The zero-order valence-corrected chi connectivity index (χ0v) is 15.3. The first-order chi connectivity index (χ1) is 11.9. The third kappa shape index (κ3) is 5.21. The van der Waals surface area contributed by atoms with Gasteiger partial charge in [0.2, 0.25) is 0 Å². The van der Waals surface area contributed by atoms with Crippen molar-refractivity contribution in [1.29, 1.82) is 0 Å². The molecule has 0 aliphatic heterocycles. The Morgan fingerprint density at radius 2 is 1.84 bits per heavy atom. The summed E-state index contributed by atoms with van der Waals surface area (Å²) in [6.07, 6.45) is 4.40. The molecular formula is C18H23NO5S. The van der Waals surface area contributed by atoms with Crippen LogP contribution in [0.15, 0.2) is 29.2 Å². The van der Waals surface area contributed by atoms with Gasteiger partial charge in [-0.25, -0.2) is 13.2 Å². The number of sulfonamides is 1. The average molecular weight is 365 g/mol. The smallest absolute Gasteiger partial charge is 0.331 e. The second-order valence-corrected chi connectivity index (χ2v) is 7.93. The lowest BCUT2D eigenvalue weighted by atomic mass is 9.76. The van der Waals surface area contributed by atoms with E-state index in [9.17, 15) is 13.2 Å². The molecule has 1 aromatic rings. The van der Waals surface area contributed by atoms with E-state index in [0.717, 1.165) is 19.3 Å². The summed E-state index contributed by atoms with van der Waals surface area (Å²) in [5, 5.41) is 0. The van der Waals surface area contributed by atoms with Crippen molar-refractivity contribution >= 4 is 16.0 Å². The molecule has 0 bridgehead atoms. The zero-order chi connectivity index (χ0) is 18.3. The van der Waals surface area contributed by atoms with Crippen LogP contribution in [0, 0.1) is 17.3 Å². The van der Waals surface area contributed by atoms with Crippen molar-refractivity contribution in [3.8, 4) is 17.6 Å². The first-order valence-corrected chi connectivity index (χ1v) is 9.71.